The molecule has 0 unspecified atom stereocenters. The Kier molecular flexibility index (Phi) is 11.9. The number of aliphatic hydroxyl groups excluding tert-OH is 1. The van der Waals surface area contributed by atoms with Crippen molar-refractivity contribution in [1.29, 1.82) is 0 Å². The van der Waals surface area contributed by atoms with Crippen LogP contribution >= 0.6 is 23.2 Å². The molecule has 2 N–H and O–H groups in total. The fourth-order valence-electron chi connectivity index (χ4n) is 8.05. The van der Waals surface area contributed by atoms with Crippen LogP contribution < -0.4 is 9.47 Å². The predicted molar refractivity (Wildman–Crippen MR) is 227 cm³/mol. The SMILES string of the molecule is [C-]#[N+]c1cncc(COc2cc(OCc3cccc(-c4cccc(-c5nc6cc(CN7CC[C@@H](C(=O)O)C7)cc(Cl)c6o5)c4C)c3C)c(Cl)cc2CN2CC[C@@H](O)C2)c1. The normalized spacial score (nSPS) is 17.1. The van der Waals surface area contributed by atoms with Gasteiger partial charge in [0.25, 0.3) is 0 Å². The Morgan fingerprint density at radius 3 is 2.36 bits per heavy atom. The molecule has 0 spiro atoms. The highest BCUT2D eigenvalue weighted by Crippen LogP contribution is 2.39. The maximum atomic E-state index is 11.5. The molecular weight excluding hydrogens is 789 g/mol. The average molecular weight is 833 g/mol. The number of hydrogen-bond donors (Lipinski definition) is 2. The Morgan fingerprint density at radius 2 is 1.59 bits per heavy atom. The zero-order chi connectivity index (χ0) is 41.2. The summed E-state index contributed by atoms with van der Waals surface area (Å²) in [6.45, 7) is 15.7. The number of oxazole rings is 1. The molecule has 2 atom stereocenters. The van der Waals surface area contributed by atoms with E-state index in [1.165, 1.54) is 6.20 Å². The fourth-order valence-corrected chi connectivity index (χ4v) is 8.57. The number of nitrogens with zero attached hydrogens (tertiary/aromatic N) is 5. The van der Waals surface area contributed by atoms with Gasteiger partial charge >= 0.3 is 5.97 Å². The molecule has 0 amide bonds. The van der Waals surface area contributed by atoms with Crippen molar-refractivity contribution < 1.29 is 28.9 Å². The van der Waals surface area contributed by atoms with Crippen LogP contribution in [0.4, 0.5) is 5.69 Å². The number of likely N-dealkylation sites (tertiary alicyclic amines) is 2. The number of β-amino-alcohol motifs (C(OH)–C–C–N with tert-alkyl or cyclic N) is 1. The molecule has 2 aliphatic heterocycles. The van der Waals surface area contributed by atoms with Crippen molar-refractivity contribution in [3.8, 4) is 34.1 Å². The van der Waals surface area contributed by atoms with E-state index in [1.54, 1.807) is 12.3 Å². The lowest BCUT2D eigenvalue weighted by Gasteiger charge is -2.20. The molecule has 0 bridgehead atoms. The summed E-state index contributed by atoms with van der Waals surface area (Å²) in [5.74, 6) is 0.446. The molecule has 4 heterocycles. The summed E-state index contributed by atoms with van der Waals surface area (Å²) in [4.78, 5) is 28.3. The summed E-state index contributed by atoms with van der Waals surface area (Å²) in [5, 5.41) is 20.5. The van der Waals surface area contributed by atoms with Crippen LogP contribution in [-0.4, -0.2) is 68.2 Å². The highest BCUT2D eigenvalue weighted by molar-refractivity contribution is 6.34. The van der Waals surface area contributed by atoms with Crippen molar-refractivity contribution in [2.75, 3.05) is 26.2 Å². The van der Waals surface area contributed by atoms with E-state index in [4.69, 9.17) is 48.6 Å². The summed E-state index contributed by atoms with van der Waals surface area (Å²) in [6, 6.07) is 21.5. The molecule has 2 fully saturated rings. The molecule has 6 aromatic rings. The summed E-state index contributed by atoms with van der Waals surface area (Å²) < 4.78 is 19.0. The highest BCUT2D eigenvalue weighted by Gasteiger charge is 2.28. The number of carboxylic acid groups (broad SMARTS) is 1. The molecule has 2 aromatic heterocycles. The van der Waals surface area contributed by atoms with Crippen molar-refractivity contribution in [1.82, 2.24) is 19.8 Å². The second-order valence-corrected chi connectivity index (χ2v) is 16.2. The van der Waals surface area contributed by atoms with E-state index in [9.17, 15) is 15.0 Å². The first-order valence-electron chi connectivity index (χ1n) is 19.6. The van der Waals surface area contributed by atoms with Gasteiger partial charge in [0, 0.05) is 62.3 Å². The molecule has 11 nitrogen and oxygen atoms in total. The monoisotopic (exact) mass is 831 g/mol. The van der Waals surface area contributed by atoms with Crippen LogP contribution in [0.25, 0.3) is 38.5 Å². The average Bonchev–Trinajstić information content (AvgIpc) is 3.98. The maximum Gasteiger partial charge on any atom is 0.307 e. The molecule has 0 radical (unpaired) electrons. The van der Waals surface area contributed by atoms with Crippen molar-refractivity contribution >= 4 is 46.0 Å². The Balaban J connectivity index is 1.02. The van der Waals surface area contributed by atoms with Gasteiger partial charge < -0.3 is 24.1 Å². The Labute approximate surface area is 352 Å². The first-order chi connectivity index (χ1) is 28.5. The van der Waals surface area contributed by atoms with E-state index in [0.717, 1.165) is 63.2 Å². The quantitative estimate of drug-likeness (QED) is 0.109. The van der Waals surface area contributed by atoms with Crippen LogP contribution in [0.3, 0.4) is 0 Å². The van der Waals surface area contributed by atoms with Gasteiger partial charge in [0.05, 0.1) is 28.6 Å². The predicted octanol–water partition coefficient (Wildman–Crippen LogP) is 9.66. The summed E-state index contributed by atoms with van der Waals surface area (Å²) in [5.41, 5.74) is 10.1. The molecule has 0 aliphatic carbocycles. The van der Waals surface area contributed by atoms with Crippen molar-refractivity contribution in [3.63, 3.8) is 0 Å². The molecule has 2 aliphatic rings. The lowest BCUT2D eigenvalue weighted by atomic mass is 9.91. The number of pyridine rings is 1. The third-order valence-electron chi connectivity index (χ3n) is 11.3. The minimum atomic E-state index is -0.755. The number of aromatic nitrogens is 2. The van der Waals surface area contributed by atoms with Crippen LogP contribution in [0.1, 0.15) is 46.2 Å². The smallest absolute Gasteiger partial charge is 0.307 e. The zero-order valence-electron chi connectivity index (χ0n) is 32.8. The number of halogens is 2. The lowest BCUT2D eigenvalue weighted by molar-refractivity contribution is -0.141. The topological polar surface area (TPSA) is 126 Å². The van der Waals surface area contributed by atoms with E-state index < -0.39 is 5.97 Å². The standard InChI is InChI=1S/C46H43Cl2N5O6/c1-27-32(26-58-43-18-42(57-25-30-14-34(49-3)20-50-19-30)33(17-39(43)47)23-53-13-11-35(54)24-53)6-4-7-36(27)37-8-5-9-38(28(37)2)45-51-41-16-29(15-40(48)44(41)59-45)21-52-12-10-31(22-52)46(55)56/h4-9,14-20,31,35,54H,10-13,21-26H2,1-2H3,(H,55,56)/t31-,35-/m1/s1. The first kappa shape index (κ1) is 40.3. The fraction of sp³-hybridized carbons (Fsp3) is 0.304. The van der Waals surface area contributed by atoms with Crippen LogP contribution in [0.15, 0.2) is 83.5 Å². The molecule has 8 rings (SSSR count). The number of aliphatic carboxylic acids is 1. The molecule has 302 valence electrons. The number of carbonyl (C=O) groups is 1. The first-order valence-corrected chi connectivity index (χ1v) is 20.3. The molecule has 59 heavy (non-hydrogen) atoms. The zero-order valence-corrected chi connectivity index (χ0v) is 34.3. The Bertz CT molecular complexity index is 2590. The van der Waals surface area contributed by atoms with Gasteiger partial charge in [-0.25, -0.2) is 9.83 Å². The van der Waals surface area contributed by atoms with Gasteiger partial charge in [-0.3, -0.25) is 19.6 Å². The van der Waals surface area contributed by atoms with Gasteiger partial charge in [-0.15, -0.1) is 0 Å². The summed E-state index contributed by atoms with van der Waals surface area (Å²) >= 11 is 13.6. The van der Waals surface area contributed by atoms with Gasteiger partial charge in [0.2, 0.25) is 11.6 Å². The molecule has 4 aromatic carbocycles. The van der Waals surface area contributed by atoms with Crippen molar-refractivity contribution in [3.05, 3.63) is 134 Å². The number of aliphatic hydroxyl groups is 1. The van der Waals surface area contributed by atoms with Gasteiger partial charge in [-0.2, -0.15) is 0 Å². The van der Waals surface area contributed by atoms with Crippen LogP contribution in [-0.2, 0) is 31.1 Å². The largest absolute Gasteiger partial charge is 0.488 e. The van der Waals surface area contributed by atoms with E-state index >= 15 is 0 Å². The summed E-state index contributed by atoms with van der Waals surface area (Å²) in [6.07, 6.45) is 4.20. The number of ether oxygens (including phenoxy) is 2. The highest BCUT2D eigenvalue weighted by atomic mass is 35.5. The van der Waals surface area contributed by atoms with E-state index in [2.05, 4.69) is 45.6 Å². The lowest BCUT2D eigenvalue weighted by Crippen LogP contribution is -2.22. The maximum absolute atomic E-state index is 11.5. The third-order valence-corrected chi connectivity index (χ3v) is 11.9. The van der Waals surface area contributed by atoms with Crippen molar-refractivity contribution in [2.24, 2.45) is 5.92 Å². The molecule has 2 saturated heterocycles. The van der Waals surface area contributed by atoms with E-state index in [0.29, 0.717) is 83.2 Å². The van der Waals surface area contributed by atoms with Gasteiger partial charge in [0.1, 0.15) is 30.2 Å². The number of rotatable bonds is 13. The van der Waals surface area contributed by atoms with E-state index in [-0.39, 0.29) is 25.2 Å². The Hall–Kier alpha value is -5.48. The van der Waals surface area contributed by atoms with Crippen LogP contribution in [0.2, 0.25) is 10.0 Å². The minimum absolute atomic E-state index is 0.208. The number of fused-ring (bicyclic) bond motifs is 1. The van der Waals surface area contributed by atoms with Gasteiger partial charge in [0.15, 0.2) is 5.58 Å². The number of benzene rings is 4. The third kappa shape index (κ3) is 8.93. The summed E-state index contributed by atoms with van der Waals surface area (Å²) in [7, 11) is 0. The second kappa shape index (κ2) is 17.4. The van der Waals surface area contributed by atoms with Crippen LogP contribution in [0.5, 0.6) is 11.5 Å². The molecule has 13 heteroatoms. The van der Waals surface area contributed by atoms with Gasteiger partial charge in [-0.1, -0.05) is 53.5 Å². The molecular formula is C46H43Cl2N5O6. The van der Waals surface area contributed by atoms with Crippen molar-refractivity contribution in [2.45, 2.75) is 59.1 Å². The number of hydrogen-bond acceptors (Lipinski definition) is 9. The molecule has 0 saturated carbocycles. The van der Waals surface area contributed by atoms with E-state index in [1.807, 2.05) is 48.5 Å². The minimum Gasteiger partial charge on any atom is -0.488 e. The second-order valence-electron chi connectivity index (χ2n) is 15.4. The Morgan fingerprint density at radius 1 is 0.847 bits per heavy atom. The number of carboxylic acids is 1. The van der Waals surface area contributed by atoms with Gasteiger partial charge in [-0.05, 0) is 103 Å². The van der Waals surface area contributed by atoms with Crippen LogP contribution in [0, 0.1) is 26.3 Å².